The van der Waals surface area contributed by atoms with Gasteiger partial charge in [-0.15, -0.1) is 0 Å². The highest BCUT2D eigenvalue weighted by Crippen LogP contribution is 2.24. The largest absolute Gasteiger partial charge is 0.477 e. The summed E-state index contributed by atoms with van der Waals surface area (Å²) in [6.45, 7) is 0.664. The van der Waals surface area contributed by atoms with Gasteiger partial charge in [0.15, 0.2) is 0 Å². The minimum absolute atomic E-state index is 0.0496. The van der Waals surface area contributed by atoms with E-state index >= 15 is 0 Å². The van der Waals surface area contributed by atoms with Crippen LogP contribution in [-0.4, -0.2) is 22.4 Å². The molecule has 0 saturated heterocycles. The molecule has 1 saturated carbocycles. The van der Waals surface area contributed by atoms with Crippen molar-refractivity contribution in [3.63, 3.8) is 0 Å². The van der Waals surface area contributed by atoms with Gasteiger partial charge in [-0.1, -0.05) is 25.7 Å². The first-order chi connectivity index (χ1) is 8.77. The Labute approximate surface area is 107 Å². The number of rotatable bonds is 4. The van der Waals surface area contributed by atoms with Gasteiger partial charge < -0.3 is 10.5 Å². The van der Waals surface area contributed by atoms with Crippen LogP contribution in [0.25, 0.3) is 0 Å². The number of ether oxygens (including phenoxy) is 1. The Morgan fingerprint density at radius 3 is 2.72 bits per heavy atom. The van der Waals surface area contributed by atoms with Crippen LogP contribution in [0.2, 0.25) is 0 Å². The maximum atomic E-state index is 7.45. The molecule has 0 radical (unpaired) electrons. The summed E-state index contributed by atoms with van der Waals surface area (Å²) in [5.41, 5.74) is 5.95. The predicted molar refractivity (Wildman–Crippen MR) is 69.7 cm³/mol. The van der Waals surface area contributed by atoms with Gasteiger partial charge in [0, 0.05) is 6.20 Å². The van der Waals surface area contributed by atoms with Crippen LogP contribution in [0.5, 0.6) is 5.88 Å². The molecule has 1 fully saturated rings. The van der Waals surface area contributed by atoms with E-state index < -0.39 is 0 Å². The van der Waals surface area contributed by atoms with E-state index in [2.05, 4.69) is 9.97 Å². The number of amidine groups is 1. The average Bonchev–Trinajstić information content (AvgIpc) is 2.65. The third-order valence-corrected chi connectivity index (χ3v) is 3.40. The third kappa shape index (κ3) is 3.42. The van der Waals surface area contributed by atoms with E-state index in [9.17, 15) is 0 Å². The molecule has 0 atom stereocenters. The van der Waals surface area contributed by atoms with Crippen LogP contribution in [0.1, 0.15) is 44.1 Å². The molecule has 0 spiro atoms. The molecule has 0 aromatic carbocycles. The fraction of sp³-hybridized carbons (Fsp3) is 0.615. The zero-order valence-corrected chi connectivity index (χ0v) is 10.6. The van der Waals surface area contributed by atoms with Crippen LogP contribution in [0, 0.1) is 11.3 Å². The van der Waals surface area contributed by atoms with Gasteiger partial charge in [0.1, 0.15) is 12.2 Å². The number of nitrogens with two attached hydrogens (primary N) is 1. The van der Waals surface area contributed by atoms with Crippen LogP contribution in [0.15, 0.2) is 12.5 Å². The Morgan fingerprint density at radius 2 is 2.06 bits per heavy atom. The van der Waals surface area contributed by atoms with Crippen molar-refractivity contribution >= 4 is 5.84 Å². The third-order valence-electron chi connectivity index (χ3n) is 3.40. The van der Waals surface area contributed by atoms with E-state index in [0.29, 0.717) is 24.0 Å². The van der Waals surface area contributed by atoms with Gasteiger partial charge in [0.25, 0.3) is 0 Å². The van der Waals surface area contributed by atoms with E-state index in [4.69, 9.17) is 15.9 Å². The van der Waals surface area contributed by atoms with Gasteiger partial charge in [-0.25, -0.2) is 9.97 Å². The lowest BCUT2D eigenvalue weighted by Gasteiger charge is -2.15. The number of hydrogen-bond acceptors (Lipinski definition) is 4. The lowest BCUT2D eigenvalue weighted by atomic mass is 10.0. The summed E-state index contributed by atoms with van der Waals surface area (Å²) in [4.78, 5) is 7.92. The second-order valence-electron chi connectivity index (χ2n) is 4.82. The SMILES string of the molecule is N=C(N)c1cncnc1OCC1CCCCCC1. The second kappa shape index (κ2) is 6.33. The quantitative estimate of drug-likeness (QED) is 0.485. The maximum absolute atomic E-state index is 7.45. The predicted octanol–water partition coefficient (Wildman–Crippen LogP) is 2.11. The number of nitrogens with zero attached hydrogens (tertiary/aromatic N) is 2. The number of hydrogen-bond donors (Lipinski definition) is 2. The van der Waals surface area contributed by atoms with Crippen molar-refractivity contribution < 1.29 is 4.74 Å². The molecule has 1 aromatic rings. The molecule has 0 aliphatic heterocycles. The van der Waals surface area contributed by atoms with Crippen molar-refractivity contribution in [1.29, 1.82) is 5.41 Å². The average molecular weight is 248 g/mol. The maximum Gasteiger partial charge on any atom is 0.227 e. The summed E-state index contributed by atoms with van der Waals surface area (Å²) in [6, 6.07) is 0. The van der Waals surface area contributed by atoms with Gasteiger partial charge in [-0.2, -0.15) is 0 Å². The molecule has 3 N–H and O–H groups in total. The fourth-order valence-electron chi connectivity index (χ4n) is 2.35. The zero-order chi connectivity index (χ0) is 12.8. The molecule has 5 nitrogen and oxygen atoms in total. The van der Waals surface area contributed by atoms with E-state index in [1.807, 2.05) is 0 Å². The van der Waals surface area contributed by atoms with Gasteiger partial charge in [0.05, 0.1) is 12.2 Å². The van der Waals surface area contributed by atoms with E-state index in [-0.39, 0.29) is 5.84 Å². The van der Waals surface area contributed by atoms with Crippen molar-refractivity contribution in [2.24, 2.45) is 11.7 Å². The zero-order valence-electron chi connectivity index (χ0n) is 10.6. The molecular weight excluding hydrogens is 228 g/mol. The molecule has 1 aromatic heterocycles. The highest BCUT2D eigenvalue weighted by atomic mass is 16.5. The summed E-state index contributed by atoms with van der Waals surface area (Å²) in [7, 11) is 0. The monoisotopic (exact) mass is 248 g/mol. The minimum atomic E-state index is -0.0496. The lowest BCUT2D eigenvalue weighted by molar-refractivity contribution is 0.225. The molecule has 1 aliphatic rings. The lowest BCUT2D eigenvalue weighted by Crippen LogP contribution is -2.17. The molecule has 1 aliphatic carbocycles. The Balaban J connectivity index is 1.94. The van der Waals surface area contributed by atoms with Crippen LogP contribution >= 0.6 is 0 Å². The highest BCUT2D eigenvalue weighted by Gasteiger charge is 2.15. The smallest absolute Gasteiger partial charge is 0.227 e. The van der Waals surface area contributed by atoms with Gasteiger partial charge in [-0.05, 0) is 18.8 Å². The topological polar surface area (TPSA) is 84.9 Å². The van der Waals surface area contributed by atoms with Crippen molar-refractivity contribution in [1.82, 2.24) is 9.97 Å². The Morgan fingerprint density at radius 1 is 1.33 bits per heavy atom. The molecule has 0 unspecified atom stereocenters. The number of aromatic nitrogens is 2. The first-order valence-corrected chi connectivity index (χ1v) is 6.54. The van der Waals surface area contributed by atoms with Crippen molar-refractivity contribution in [3.05, 3.63) is 18.1 Å². The normalized spacial score (nSPS) is 17.1. The summed E-state index contributed by atoms with van der Waals surface area (Å²) in [5, 5.41) is 7.45. The minimum Gasteiger partial charge on any atom is -0.477 e. The molecule has 0 bridgehead atoms. The standard InChI is InChI=1S/C13H20N4O/c14-12(15)11-7-16-9-17-13(11)18-8-10-5-3-1-2-4-6-10/h7,9-10H,1-6,8H2,(H3,14,15). The second-order valence-corrected chi connectivity index (χ2v) is 4.82. The summed E-state index contributed by atoms with van der Waals surface area (Å²) >= 11 is 0. The molecule has 18 heavy (non-hydrogen) atoms. The van der Waals surface area contributed by atoms with Crippen molar-refractivity contribution in [2.75, 3.05) is 6.61 Å². The summed E-state index contributed by atoms with van der Waals surface area (Å²) < 4.78 is 5.72. The van der Waals surface area contributed by atoms with Crippen LogP contribution in [0.4, 0.5) is 0 Å². The fourth-order valence-corrected chi connectivity index (χ4v) is 2.35. The Hall–Kier alpha value is -1.65. The molecule has 0 amide bonds. The van der Waals surface area contributed by atoms with E-state index in [1.54, 1.807) is 0 Å². The van der Waals surface area contributed by atoms with Crippen molar-refractivity contribution in [3.8, 4) is 5.88 Å². The molecule has 98 valence electrons. The Bertz CT molecular complexity index is 400. The highest BCUT2D eigenvalue weighted by molar-refractivity contribution is 5.96. The molecular formula is C13H20N4O. The molecule has 2 rings (SSSR count). The number of nitrogens with one attached hydrogen (secondary N) is 1. The van der Waals surface area contributed by atoms with E-state index in [0.717, 1.165) is 0 Å². The van der Waals surface area contributed by atoms with Gasteiger partial charge >= 0.3 is 0 Å². The van der Waals surface area contributed by atoms with Crippen LogP contribution in [-0.2, 0) is 0 Å². The summed E-state index contributed by atoms with van der Waals surface area (Å²) in [5.74, 6) is 0.982. The van der Waals surface area contributed by atoms with Crippen molar-refractivity contribution in [2.45, 2.75) is 38.5 Å². The van der Waals surface area contributed by atoms with Gasteiger partial charge in [0.2, 0.25) is 5.88 Å². The first-order valence-electron chi connectivity index (χ1n) is 6.54. The Kier molecular flexibility index (Phi) is 4.50. The molecule has 1 heterocycles. The van der Waals surface area contributed by atoms with E-state index in [1.165, 1.54) is 51.0 Å². The van der Waals surface area contributed by atoms with Gasteiger partial charge in [-0.3, -0.25) is 5.41 Å². The summed E-state index contributed by atoms with van der Waals surface area (Å²) in [6.07, 6.45) is 10.6. The van der Waals surface area contributed by atoms with Crippen LogP contribution in [0.3, 0.4) is 0 Å². The number of nitrogen functional groups attached to an aromatic ring is 1. The molecule has 5 heteroatoms. The first kappa shape index (κ1) is 12.8. The van der Waals surface area contributed by atoms with Crippen LogP contribution < -0.4 is 10.5 Å².